The molecule has 1 aliphatic rings. The highest BCUT2D eigenvalue weighted by Gasteiger charge is 2.13. The van der Waals surface area contributed by atoms with Gasteiger partial charge in [-0.2, -0.15) is 0 Å². The molecule has 0 aromatic heterocycles. The number of nitrogens with two attached hydrogens (primary N) is 1. The first-order chi connectivity index (χ1) is 10.2. The molecular weight excluding hydrogens is 262 g/mol. The molecule has 1 heterocycles. The lowest BCUT2D eigenvalue weighted by molar-refractivity contribution is 0.134. The molecule has 0 saturated carbocycles. The number of ether oxygens (including phenoxy) is 1. The number of nitrogens with zero attached hydrogens (tertiary/aromatic N) is 2. The lowest BCUT2D eigenvalue weighted by atomic mass is 10.1. The summed E-state index contributed by atoms with van der Waals surface area (Å²) in [4.78, 5) is 4.82. The van der Waals surface area contributed by atoms with E-state index in [-0.39, 0.29) is 0 Å². The molecule has 0 aliphatic carbocycles. The Kier molecular flexibility index (Phi) is 4.27. The molecular formula is C17H23N3O. The quantitative estimate of drug-likeness (QED) is 0.873. The zero-order chi connectivity index (χ0) is 14.7. The summed E-state index contributed by atoms with van der Waals surface area (Å²) in [5, 5.41) is 2.16. The summed E-state index contributed by atoms with van der Waals surface area (Å²) in [6.07, 6.45) is 0. The standard InChI is InChI=1S/C17H23N3O/c1-19-8-10-20(11-9-19)12-13-21-17-7-3-4-14-15(17)5-2-6-16(14)18/h2-7H,8-13,18H2,1H3. The van der Waals surface area contributed by atoms with Gasteiger partial charge in [0.2, 0.25) is 0 Å². The summed E-state index contributed by atoms with van der Waals surface area (Å²) in [5.74, 6) is 0.925. The fraction of sp³-hybridized carbons (Fsp3) is 0.412. The van der Waals surface area contributed by atoms with Crippen LogP contribution >= 0.6 is 0 Å². The second-order valence-corrected chi connectivity index (χ2v) is 5.69. The molecule has 2 aromatic carbocycles. The van der Waals surface area contributed by atoms with Gasteiger partial charge < -0.3 is 15.4 Å². The molecule has 4 nitrogen and oxygen atoms in total. The van der Waals surface area contributed by atoms with Crippen LogP contribution in [0.25, 0.3) is 10.8 Å². The van der Waals surface area contributed by atoms with E-state index in [4.69, 9.17) is 10.5 Å². The fourth-order valence-corrected chi connectivity index (χ4v) is 2.79. The van der Waals surface area contributed by atoms with E-state index in [1.165, 1.54) is 0 Å². The Hall–Kier alpha value is -1.78. The minimum atomic E-state index is 0.720. The Balaban J connectivity index is 1.62. The Morgan fingerprint density at radius 3 is 2.52 bits per heavy atom. The minimum absolute atomic E-state index is 0.720. The molecule has 112 valence electrons. The van der Waals surface area contributed by atoms with Crippen LogP contribution in [0.5, 0.6) is 5.75 Å². The Bertz CT molecular complexity index is 606. The summed E-state index contributed by atoms with van der Waals surface area (Å²) >= 11 is 0. The van der Waals surface area contributed by atoms with Crippen molar-refractivity contribution in [2.75, 3.05) is 52.1 Å². The second kappa shape index (κ2) is 6.33. The normalized spacial score (nSPS) is 17.2. The maximum absolute atomic E-state index is 6.02. The number of likely N-dealkylation sites (N-methyl/N-ethyl adjacent to an activating group) is 1. The van der Waals surface area contributed by atoms with Crippen molar-refractivity contribution in [1.29, 1.82) is 0 Å². The number of anilines is 1. The molecule has 3 rings (SSSR count). The van der Waals surface area contributed by atoms with Crippen molar-refractivity contribution >= 4 is 16.5 Å². The molecule has 0 radical (unpaired) electrons. The summed E-state index contributed by atoms with van der Waals surface area (Å²) in [5.41, 5.74) is 6.82. The number of hydrogen-bond acceptors (Lipinski definition) is 4. The number of hydrogen-bond donors (Lipinski definition) is 1. The van der Waals surface area contributed by atoms with E-state index in [1.807, 2.05) is 30.3 Å². The number of benzene rings is 2. The molecule has 1 saturated heterocycles. The van der Waals surface area contributed by atoms with Gasteiger partial charge in [-0.1, -0.05) is 24.3 Å². The third kappa shape index (κ3) is 3.28. The largest absolute Gasteiger partial charge is 0.492 e. The van der Waals surface area contributed by atoms with Crippen molar-refractivity contribution in [2.24, 2.45) is 0 Å². The van der Waals surface area contributed by atoms with Crippen LogP contribution in [-0.2, 0) is 0 Å². The second-order valence-electron chi connectivity index (χ2n) is 5.69. The van der Waals surface area contributed by atoms with E-state index in [2.05, 4.69) is 22.9 Å². The fourth-order valence-electron chi connectivity index (χ4n) is 2.79. The molecule has 0 atom stereocenters. The number of nitrogen functional groups attached to an aromatic ring is 1. The van der Waals surface area contributed by atoms with E-state index >= 15 is 0 Å². The Morgan fingerprint density at radius 2 is 1.71 bits per heavy atom. The van der Waals surface area contributed by atoms with Crippen LogP contribution in [0.3, 0.4) is 0 Å². The monoisotopic (exact) mass is 285 g/mol. The van der Waals surface area contributed by atoms with Gasteiger partial charge in [0.05, 0.1) is 0 Å². The average molecular weight is 285 g/mol. The van der Waals surface area contributed by atoms with Crippen LogP contribution in [-0.4, -0.2) is 56.2 Å². The van der Waals surface area contributed by atoms with E-state index in [0.29, 0.717) is 0 Å². The molecule has 0 spiro atoms. The number of rotatable bonds is 4. The summed E-state index contributed by atoms with van der Waals surface area (Å²) in [6, 6.07) is 12.0. The lowest BCUT2D eigenvalue weighted by Crippen LogP contribution is -2.45. The molecule has 2 aromatic rings. The van der Waals surface area contributed by atoms with E-state index in [9.17, 15) is 0 Å². The van der Waals surface area contributed by atoms with Crippen LogP contribution in [0.2, 0.25) is 0 Å². The highest BCUT2D eigenvalue weighted by atomic mass is 16.5. The predicted molar refractivity (Wildman–Crippen MR) is 87.8 cm³/mol. The SMILES string of the molecule is CN1CCN(CCOc2cccc3c(N)cccc23)CC1. The third-order valence-electron chi connectivity index (χ3n) is 4.18. The highest BCUT2D eigenvalue weighted by Crippen LogP contribution is 2.29. The summed E-state index contributed by atoms with van der Waals surface area (Å²) < 4.78 is 5.99. The number of piperazine rings is 1. The summed E-state index contributed by atoms with van der Waals surface area (Å²) in [7, 11) is 2.17. The molecule has 1 aliphatic heterocycles. The third-order valence-corrected chi connectivity index (χ3v) is 4.18. The van der Waals surface area contributed by atoms with Gasteiger partial charge >= 0.3 is 0 Å². The zero-order valence-electron chi connectivity index (χ0n) is 12.6. The molecule has 0 amide bonds. The average Bonchev–Trinajstić information content (AvgIpc) is 2.50. The van der Waals surface area contributed by atoms with E-state index < -0.39 is 0 Å². The smallest absolute Gasteiger partial charge is 0.127 e. The van der Waals surface area contributed by atoms with Crippen molar-refractivity contribution in [3.05, 3.63) is 36.4 Å². The van der Waals surface area contributed by atoms with Crippen molar-refractivity contribution in [3.8, 4) is 5.75 Å². The first kappa shape index (κ1) is 14.2. The van der Waals surface area contributed by atoms with Gasteiger partial charge in [0, 0.05) is 49.2 Å². The molecule has 0 unspecified atom stereocenters. The lowest BCUT2D eigenvalue weighted by Gasteiger charge is -2.32. The van der Waals surface area contributed by atoms with Gasteiger partial charge in [-0.05, 0) is 19.2 Å². The maximum atomic E-state index is 6.02. The van der Waals surface area contributed by atoms with E-state index in [1.54, 1.807) is 0 Å². The van der Waals surface area contributed by atoms with Crippen LogP contribution in [0.4, 0.5) is 5.69 Å². The minimum Gasteiger partial charge on any atom is -0.492 e. The Labute approximate surface area is 126 Å². The molecule has 21 heavy (non-hydrogen) atoms. The first-order valence-electron chi connectivity index (χ1n) is 7.55. The maximum Gasteiger partial charge on any atom is 0.127 e. The molecule has 1 fully saturated rings. The van der Waals surface area contributed by atoms with Gasteiger partial charge in [-0.15, -0.1) is 0 Å². The van der Waals surface area contributed by atoms with Crippen LogP contribution < -0.4 is 10.5 Å². The van der Waals surface area contributed by atoms with Crippen LogP contribution in [0, 0.1) is 0 Å². The van der Waals surface area contributed by atoms with Crippen molar-refractivity contribution in [1.82, 2.24) is 9.80 Å². The van der Waals surface area contributed by atoms with Gasteiger partial charge in [0.15, 0.2) is 0 Å². The van der Waals surface area contributed by atoms with Gasteiger partial charge in [0.25, 0.3) is 0 Å². The predicted octanol–water partition coefficient (Wildman–Crippen LogP) is 2.05. The topological polar surface area (TPSA) is 41.7 Å². The van der Waals surface area contributed by atoms with Crippen molar-refractivity contribution in [3.63, 3.8) is 0 Å². The Morgan fingerprint density at radius 1 is 1.00 bits per heavy atom. The summed E-state index contributed by atoms with van der Waals surface area (Å²) in [6.45, 7) is 6.24. The van der Waals surface area contributed by atoms with Crippen LogP contribution in [0.1, 0.15) is 0 Å². The van der Waals surface area contributed by atoms with Crippen LogP contribution in [0.15, 0.2) is 36.4 Å². The highest BCUT2D eigenvalue weighted by molar-refractivity contribution is 5.96. The van der Waals surface area contributed by atoms with Gasteiger partial charge in [-0.3, -0.25) is 4.90 Å². The van der Waals surface area contributed by atoms with Crippen molar-refractivity contribution < 1.29 is 4.74 Å². The first-order valence-corrected chi connectivity index (χ1v) is 7.55. The molecule has 0 bridgehead atoms. The number of fused-ring (bicyclic) bond motifs is 1. The van der Waals surface area contributed by atoms with Gasteiger partial charge in [0.1, 0.15) is 12.4 Å². The molecule has 4 heteroatoms. The molecule has 2 N–H and O–H groups in total. The van der Waals surface area contributed by atoms with Crippen molar-refractivity contribution in [2.45, 2.75) is 0 Å². The zero-order valence-corrected chi connectivity index (χ0v) is 12.6. The van der Waals surface area contributed by atoms with E-state index in [0.717, 1.165) is 61.5 Å². The van der Waals surface area contributed by atoms with Gasteiger partial charge in [-0.25, -0.2) is 0 Å².